The molecule has 13 heavy (non-hydrogen) atoms. The Morgan fingerprint density at radius 3 is 2.38 bits per heavy atom. The van der Waals surface area contributed by atoms with Gasteiger partial charge in [0.25, 0.3) is 0 Å². The molecule has 4 heteroatoms. The molecule has 0 fully saturated rings. The molecule has 0 aromatic heterocycles. The summed E-state index contributed by atoms with van der Waals surface area (Å²) in [7, 11) is 0. The van der Waals surface area contributed by atoms with E-state index in [4.69, 9.17) is 5.73 Å². The zero-order valence-electron chi connectivity index (χ0n) is 8.79. The number of rotatable bonds is 4. The molecular formula is C9H19N3O. The van der Waals surface area contributed by atoms with Gasteiger partial charge in [0.2, 0.25) is 5.91 Å². The molecule has 76 valence electrons. The Kier molecular flexibility index (Phi) is 5.11. The average Bonchev–Trinajstić information content (AvgIpc) is 2.02. The lowest BCUT2D eigenvalue weighted by Gasteiger charge is -2.11. The third-order valence-electron chi connectivity index (χ3n) is 1.53. The highest BCUT2D eigenvalue weighted by molar-refractivity contribution is 5.87. The van der Waals surface area contributed by atoms with Gasteiger partial charge in [0.05, 0.1) is 5.84 Å². The number of amidine groups is 1. The molecule has 0 aromatic rings. The minimum Gasteiger partial charge on any atom is -0.387 e. The number of nitrogens with two attached hydrogens (primary N) is 1. The standard InChI is InChI=1S/C9H19N3O/c1-5-8(10)12-7(4)9(13)11-6(2)3/h6-7H,5H2,1-4H3,(H2,10,12)(H,11,13). The molecule has 0 saturated heterocycles. The largest absolute Gasteiger partial charge is 0.387 e. The van der Waals surface area contributed by atoms with E-state index in [1.165, 1.54) is 0 Å². The molecule has 1 unspecified atom stereocenters. The van der Waals surface area contributed by atoms with Gasteiger partial charge >= 0.3 is 0 Å². The van der Waals surface area contributed by atoms with E-state index < -0.39 is 0 Å². The highest BCUT2D eigenvalue weighted by Gasteiger charge is 2.11. The number of nitrogens with one attached hydrogen (secondary N) is 1. The van der Waals surface area contributed by atoms with Crippen molar-refractivity contribution in [3.63, 3.8) is 0 Å². The molecule has 0 aliphatic heterocycles. The van der Waals surface area contributed by atoms with E-state index in [1.807, 2.05) is 20.8 Å². The van der Waals surface area contributed by atoms with Crippen molar-refractivity contribution < 1.29 is 4.79 Å². The second kappa shape index (κ2) is 5.56. The van der Waals surface area contributed by atoms with Gasteiger partial charge < -0.3 is 11.1 Å². The van der Waals surface area contributed by atoms with E-state index in [1.54, 1.807) is 6.92 Å². The first-order chi connectivity index (χ1) is 5.97. The number of hydrogen-bond donors (Lipinski definition) is 2. The van der Waals surface area contributed by atoms with Crippen LogP contribution in [-0.2, 0) is 4.79 Å². The first-order valence-electron chi connectivity index (χ1n) is 4.59. The number of aliphatic imine (C=N–C) groups is 1. The van der Waals surface area contributed by atoms with Crippen molar-refractivity contribution in [2.75, 3.05) is 0 Å². The van der Waals surface area contributed by atoms with Crippen molar-refractivity contribution in [3.05, 3.63) is 0 Å². The lowest BCUT2D eigenvalue weighted by molar-refractivity contribution is -0.122. The minimum absolute atomic E-state index is 0.0774. The van der Waals surface area contributed by atoms with E-state index in [9.17, 15) is 4.79 Å². The maximum Gasteiger partial charge on any atom is 0.244 e. The molecule has 0 bridgehead atoms. The van der Waals surface area contributed by atoms with Crippen LogP contribution in [0.25, 0.3) is 0 Å². The zero-order chi connectivity index (χ0) is 10.4. The number of carbonyl (C=O) groups is 1. The summed E-state index contributed by atoms with van der Waals surface area (Å²) in [6, 6.07) is -0.240. The molecule has 1 amide bonds. The highest BCUT2D eigenvalue weighted by atomic mass is 16.2. The maximum absolute atomic E-state index is 11.3. The molecule has 4 nitrogen and oxygen atoms in total. The van der Waals surface area contributed by atoms with Crippen LogP contribution in [0.2, 0.25) is 0 Å². The number of amides is 1. The number of carbonyl (C=O) groups excluding carboxylic acids is 1. The topological polar surface area (TPSA) is 67.5 Å². The van der Waals surface area contributed by atoms with Crippen LogP contribution in [0.4, 0.5) is 0 Å². The van der Waals surface area contributed by atoms with Crippen LogP contribution in [-0.4, -0.2) is 23.8 Å². The Morgan fingerprint density at radius 1 is 1.46 bits per heavy atom. The van der Waals surface area contributed by atoms with Crippen molar-refractivity contribution in [2.24, 2.45) is 10.7 Å². The van der Waals surface area contributed by atoms with Crippen LogP contribution in [0, 0.1) is 0 Å². The Bertz CT molecular complexity index is 199. The summed E-state index contributed by atoms with van der Waals surface area (Å²) in [4.78, 5) is 15.4. The summed E-state index contributed by atoms with van der Waals surface area (Å²) in [6.07, 6.45) is 0.680. The SMILES string of the molecule is CCC(N)=NC(C)C(=O)NC(C)C. The molecule has 0 rings (SSSR count). The Morgan fingerprint density at radius 2 is 2.00 bits per heavy atom. The predicted molar refractivity (Wildman–Crippen MR) is 54.7 cm³/mol. The monoisotopic (exact) mass is 185 g/mol. The van der Waals surface area contributed by atoms with E-state index in [-0.39, 0.29) is 18.0 Å². The molecule has 0 aromatic carbocycles. The lowest BCUT2D eigenvalue weighted by atomic mass is 10.3. The molecule has 0 saturated carbocycles. The van der Waals surface area contributed by atoms with Crippen LogP contribution in [0.5, 0.6) is 0 Å². The third-order valence-corrected chi connectivity index (χ3v) is 1.53. The molecule has 0 spiro atoms. The minimum atomic E-state index is -0.387. The number of hydrogen-bond acceptors (Lipinski definition) is 2. The molecular weight excluding hydrogens is 166 g/mol. The summed E-state index contributed by atoms with van der Waals surface area (Å²) < 4.78 is 0. The Hall–Kier alpha value is -1.06. The molecule has 3 N–H and O–H groups in total. The Labute approximate surface area is 79.6 Å². The zero-order valence-corrected chi connectivity index (χ0v) is 8.79. The van der Waals surface area contributed by atoms with Crippen molar-refractivity contribution in [2.45, 2.75) is 46.2 Å². The molecule has 0 aliphatic carbocycles. The Balaban J connectivity index is 4.11. The van der Waals surface area contributed by atoms with Crippen molar-refractivity contribution >= 4 is 11.7 Å². The fourth-order valence-corrected chi connectivity index (χ4v) is 0.804. The average molecular weight is 185 g/mol. The second-order valence-electron chi connectivity index (χ2n) is 3.31. The van der Waals surface area contributed by atoms with Gasteiger partial charge in [0, 0.05) is 12.5 Å². The normalized spacial score (nSPS) is 14.4. The molecule has 0 radical (unpaired) electrons. The predicted octanol–water partition coefficient (Wildman–Crippen LogP) is 0.667. The fourth-order valence-electron chi connectivity index (χ4n) is 0.804. The fraction of sp³-hybridized carbons (Fsp3) is 0.778. The van der Waals surface area contributed by atoms with Crippen molar-refractivity contribution in [3.8, 4) is 0 Å². The van der Waals surface area contributed by atoms with E-state index in [2.05, 4.69) is 10.3 Å². The van der Waals surface area contributed by atoms with Gasteiger partial charge in [-0.25, -0.2) is 0 Å². The first-order valence-corrected chi connectivity index (χ1v) is 4.59. The first kappa shape index (κ1) is 11.9. The van der Waals surface area contributed by atoms with Crippen LogP contribution in [0.3, 0.4) is 0 Å². The summed E-state index contributed by atoms with van der Waals surface area (Å²) in [5, 5.41) is 2.77. The van der Waals surface area contributed by atoms with E-state index in [0.29, 0.717) is 12.3 Å². The smallest absolute Gasteiger partial charge is 0.244 e. The quantitative estimate of drug-likeness (QED) is 0.499. The van der Waals surface area contributed by atoms with E-state index in [0.717, 1.165) is 0 Å². The summed E-state index contributed by atoms with van der Waals surface area (Å²) >= 11 is 0. The maximum atomic E-state index is 11.3. The van der Waals surface area contributed by atoms with E-state index >= 15 is 0 Å². The molecule has 0 aliphatic rings. The number of nitrogens with zero attached hydrogens (tertiary/aromatic N) is 1. The summed E-state index contributed by atoms with van der Waals surface area (Å²) in [5.74, 6) is 0.442. The summed E-state index contributed by atoms with van der Waals surface area (Å²) in [6.45, 7) is 7.47. The van der Waals surface area contributed by atoms with Crippen LogP contribution < -0.4 is 11.1 Å². The highest BCUT2D eigenvalue weighted by Crippen LogP contribution is 1.92. The van der Waals surface area contributed by atoms with Gasteiger partial charge in [-0.15, -0.1) is 0 Å². The second-order valence-corrected chi connectivity index (χ2v) is 3.31. The van der Waals surface area contributed by atoms with Gasteiger partial charge in [-0.05, 0) is 20.8 Å². The van der Waals surface area contributed by atoms with Crippen molar-refractivity contribution in [1.29, 1.82) is 0 Å². The van der Waals surface area contributed by atoms with Gasteiger partial charge in [-0.1, -0.05) is 6.92 Å². The van der Waals surface area contributed by atoms with Crippen LogP contribution in [0.1, 0.15) is 34.1 Å². The van der Waals surface area contributed by atoms with Crippen LogP contribution in [0.15, 0.2) is 4.99 Å². The molecule has 1 atom stereocenters. The summed E-state index contributed by atoms with van der Waals surface area (Å²) in [5.41, 5.74) is 5.51. The van der Waals surface area contributed by atoms with Crippen LogP contribution >= 0.6 is 0 Å². The van der Waals surface area contributed by atoms with Gasteiger partial charge in [-0.3, -0.25) is 9.79 Å². The van der Waals surface area contributed by atoms with Gasteiger partial charge in [-0.2, -0.15) is 0 Å². The third kappa shape index (κ3) is 5.22. The van der Waals surface area contributed by atoms with Gasteiger partial charge in [0.15, 0.2) is 0 Å². The van der Waals surface area contributed by atoms with Gasteiger partial charge in [0.1, 0.15) is 6.04 Å². The lowest BCUT2D eigenvalue weighted by Crippen LogP contribution is -2.37. The molecule has 0 heterocycles. The van der Waals surface area contributed by atoms with Crippen molar-refractivity contribution in [1.82, 2.24) is 5.32 Å².